The van der Waals surface area contributed by atoms with Crippen LogP contribution in [0.5, 0.6) is 0 Å². The number of hydrogen-bond donors (Lipinski definition) is 0. The van der Waals surface area contributed by atoms with Crippen LogP contribution in [0, 0.1) is 46.8 Å². The molecule has 136 valence electrons. The molecule has 2 nitrogen and oxygen atoms in total. The highest BCUT2D eigenvalue weighted by Gasteiger charge is 2.80. The second kappa shape index (κ2) is 4.70. The first-order chi connectivity index (χ1) is 11.0. The van der Waals surface area contributed by atoms with Gasteiger partial charge >= 0.3 is 12.1 Å². The van der Waals surface area contributed by atoms with Crippen LogP contribution in [0.3, 0.4) is 0 Å². The lowest BCUT2D eigenvalue weighted by Gasteiger charge is -2.49. The molecule has 0 aromatic heterocycles. The van der Waals surface area contributed by atoms with Crippen molar-refractivity contribution >= 4 is 5.97 Å². The average Bonchev–Trinajstić information content (AvgIpc) is 3.11. The number of alkyl halides is 3. The van der Waals surface area contributed by atoms with Crippen LogP contribution < -0.4 is 0 Å². The lowest BCUT2D eigenvalue weighted by Crippen LogP contribution is -2.59. The molecule has 0 amide bonds. The van der Waals surface area contributed by atoms with Gasteiger partial charge in [0.05, 0.1) is 0 Å². The Morgan fingerprint density at radius 2 is 1.62 bits per heavy atom. The quantitative estimate of drug-likeness (QED) is 0.503. The minimum absolute atomic E-state index is 0.0319. The van der Waals surface area contributed by atoms with E-state index < -0.39 is 35.0 Å². The number of hydrogen-bond acceptors (Lipinski definition) is 2. The predicted octanol–water partition coefficient (Wildman–Crippen LogP) is 4.82. The van der Waals surface area contributed by atoms with Gasteiger partial charge in [0, 0.05) is 0 Å². The van der Waals surface area contributed by atoms with Gasteiger partial charge < -0.3 is 4.74 Å². The molecule has 5 heteroatoms. The van der Waals surface area contributed by atoms with Crippen LogP contribution in [0.1, 0.15) is 53.4 Å². The van der Waals surface area contributed by atoms with Crippen LogP contribution in [0.15, 0.2) is 0 Å². The molecule has 0 heterocycles. The van der Waals surface area contributed by atoms with E-state index in [0.717, 1.165) is 12.8 Å². The van der Waals surface area contributed by atoms with Crippen molar-refractivity contribution in [3.8, 4) is 0 Å². The maximum absolute atomic E-state index is 14.3. The van der Waals surface area contributed by atoms with Crippen LogP contribution in [0.4, 0.5) is 13.2 Å². The number of rotatable bonds is 1. The standard InChI is InChI=1S/C19H27F3O2/c1-9-12-8-13(15-11-6-5-10(7-11)14(12)15)18(9,19(20,21)22)16(23)24-17(2,3)4/h9-15H,5-8H2,1-4H3. The van der Waals surface area contributed by atoms with Gasteiger partial charge in [0.2, 0.25) is 0 Å². The molecule has 4 fully saturated rings. The number of halogens is 3. The molecule has 4 bridgehead atoms. The van der Waals surface area contributed by atoms with Crippen molar-refractivity contribution in [2.75, 3.05) is 0 Å². The molecule has 4 aliphatic rings. The summed E-state index contributed by atoms with van der Waals surface area (Å²) in [7, 11) is 0. The summed E-state index contributed by atoms with van der Waals surface area (Å²) in [5.41, 5.74) is -3.19. The van der Waals surface area contributed by atoms with E-state index in [1.807, 2.05) is 0 Å². The topological polar surface area (TPSA) is 26.3 Å². The van der Waals surface area contributed by atoms with Crippen molar-refractivity contribution < 1.29 is 22.7 Å². The van der Waals surface area contributed by atoms with E-state index in [4.69, 9.17) is 4.74 Å². The second-order valence-electron chi connectivity index (χ2n) is 9.65. The number of ether oxygens (including phenoxy) is 1. The summed E-state index contributed by atoms with van der Waals surface area (Å²) in [5, 5.41) is 0. The zero-order valence-electron chi connectivity index (χ0n) is 14.8. The van der Waals surface area contributed by atoms with Gasteiger partial charge in [-0.3, -0.25) is 4.79 Å². The molecular weight excluding hydrogens is 317 g/mol. The van der Waals surface area contributed by atoms with Gasteiger partial charge in [0.15, 0.2) is 5.41 Å². The van der Waals surface area contributed by atoms with Crippen LogP contribution in [0.25, 0.3) is 0 Å². The first kappa shape index (κ1) is 16.7. The number of esters is 1. The summed E-state index contributed by atoms with van der Waals surface area (Å²) in [5.74, 6) is -0.742. The smallest absolute Gasteiger partial charge is 0.405 e. The molecule has 0 aromatic carbocycles. The van der Waals surface area contributed by atoms with Crippen molar-refractivity contribution in [1.29, 1.82) is 0 Å². The summed E-state index contributed by atoms with van der Waals surface area (Å²) < 4.78 is 48.4. The Hall–Kier alpha value is -0.740. The van der Waals surface area contributed by atoms with Crippen molar-refractivity contribution in [1.82, 2.24) is 0 Å². The molecule has 0 spiro atoms. The van der Waals surface area contributed by atoms with Crippen molar-refractivity contribution in [2.45, 2.75) is 65.2 Å². The van der Waals surface area contributed by atoms with E-state index in [0.29, 0.717) is 24.2 Å². The number of fused-ring (bicyclic) bond motifs is 9. The van der Waals surface area contributed by atoms with Gasteiger partial charge in [-0.25, -0.2) is 0 Å². The van der Waals surface area contributed by atoms with Gasteiger partial charge in [-0.05, 0) is 87.9 Å². The average molecular weight is 344 g/mol. The highest BCUT2D eigenvalue weighted by Crippen LogP contribution is 2.76. The van der Waals surface area contributed by atoms with Gasteiger partial charge in [-0.15, -0.1) is 0 Å². The van der Waals surface area contributed by atoms with E-state index in [1.54, 1.807) is 27.7 Å². The summed E-state index contributed by atoms with van der Waals surface area (Å²) in [6, 6.07) is 0. The SMILES string of the molecule is CC1C2CC(C3C4CCC(C4)C23)C1(C(=O)OC(C)(C)C)C(F)(F)F. The fourth-order valence-corrected chi connectivity index (χ4v) is 7.21. The lowest BCUT2D eigenvalue weighted by atomic mass is 9.56. The molecule has 0 aliphatic heterocycles. The van der Waals surface area contributed by atoms with E-state index in [-0.39, 0.29) is 11.8 Å². The summed E-state index contributed by atoms with van der Waals surface area (Å²) in [4.78, 5) is 12.9. The Morgan fingerprint density at radius 3 is 2.17 bits per heavy atom. The third-order valence-corrected chi connectivity index (χ3v) is 7.68. The molecule has 0 N–H and O–H groups in total. The molecule has 8 atom stereocenters. The van der Waals surface area contributed by atoms with Gasteiger partial charge in [0.1, 0.15) is 5.60 Å². The van der Waals surface area contributed by atoms with E-state index >= 15 is 0 Å². The van der Waals surface area contributed by atoms with Crippen LogP contribution >= 0.6 is 0 Å². The van der Waals surface area contributed by atoms with Crippen molar-refractivity contribution in [3.63, 3.8) is 0 Å². The number of carbonyl (C=O) groups is 1. The third kappa shape index (κ3) is 1.87. The summed E-state index contributed by atoms with van der Waals surface area (Å²) in [6.45, 7) is 6.60. The van der Waals surface area contributed by atoms with Crippen LogP contribution in [-0.4, -0.2) is 17.7 Å². The molecule has 4 aliphatic carbocycles. The predicted molar refractivity (Wildman–Crippen MR) is 82.9 cm³/mol. The third-order valence-electron chi connectivity index (χ3n) is 7.68. The fourth-order valence-electron chi connectivity index (χ4n) is 7.21. The van der Waals surface area contributed by atoms with Crippen molar-refractivity contribution in [2.24, 2.45) is 46.8 Å². The normalized spacial score (nSPS) is 49.5. The highest BCUT2D eigenvalue weighted by atomic mass is 19.4. The van der Waals surface area contributed by atoms with Gasteiger partial charge in [-0.1, -0.05) is 6.92 Å². The molecule has 4 rings (SSSR count). The van der Waals surface area contributed by atoms with Crippen molar-refractivity contribution in [3.05, 3.63) is 0 Å². The van der Waals surface area contributed by atoms with E-state index in [2.05, 4.69) is 0 Å². The van der Waals surface area contributed by atoms with Gasteiger partial charge in [0.25, 0.3) is 0 Å². The first-order valence-corrected chi connectivity index (χ1v) is 9.28. The summed E-state index contributed by atoms with van der Waals surface area (Å²) >= 11 is 0. The maximum Gasteiger partial charge on any atom is 0.405 e. The largest absolute Gasteiger partial charge is 0.459 e. The maximum atomic E-state index is 14.3. The zero-order valence-corrected chi connectivity index (χ0v) is 14.8. The minimum atomic E-state index is -4.54. The Bertz CT molecular complexity index is 564. The Labute approximate surface area is 141 Å². The van der Waals surface area contributed by atoms with Crippen LogP contribution in [0.2, 0.25) is 0 Å². The fraction of sp³-hybridized carbons (Fsp3) is 0.947. The van der Waals surface area contributed by atoms with E-state index in [9.17, 15) is 18.0 Å². The second-order valence-corrected chi connectivity index (χ2v) is 9.65. The number of carbonyl (C=O) groups excluding carboxylic acids is 1. The summed E-state index contributed by atoms with van der Waals surface area (Å²) in [6.07, 6.45) is -0.681. The molecule has 0 radical (unpaired) electrons. The van der Waals surface area contributed by atoms with Gasteiger partial charge in [-0.2, -0.15) is 13.2 Å². The minimum Gasteiger partial charge on any atom is -0.459 e. The zero-order chi connectivity index (χ0) is 17.7. The Balaban J connectivity index is 1.77. The molecule has 24 heavy (non-hydrogen) atoms. The highest BCUT2D eigenvalue weighted by molar-refractivity contribution is 5.80. The molecule has 0 aromatic rings. The van der Waals surface area contributed by atoms with Crippen LogP contribution in [-0.2, 0) is 9.53 Å². The molecule has 8 unspecified atom stereocenters. The first-order valence-electron chi connectivity index (χ1n) is 9.28. The Morgan fingerprint density at radius 1 is 1.04 bits per heavy atom. The molecular formula is C19H27F3O2. The molecule has 4 saturated carbocycles. The van der Waals surface area contributed by atoms with E-state index in [1.165, 1.54) is 6.42 Å². The lowest BCUT2D eigenvalue weighted by molar-refractivity contribution is -0.274. The molecule has 0 saturated heterocycles. The Kier molecular flexibility index (Phi) is 3.27. The monoisotopic (exact) mass is 344 g/mol.